The molecule has 0 bridgehead atoms. The van der Waals surface area contributed by atoms with E-state index < -0.39 is 17.3 Å². The summed E-state index contributed by atoms with van der Waals surface area (Å²) in [5, 5.41) is 0.0737. The van der Waals surface area contributed by atoms with Gasteiger partial charge in [-0.05, 0) is 31.7 Å². The summed E-state index contributed by atoms with van der Waals surface area (Å²) in [6.07, 6.45) is 2.82. The lowest BCUT2D eigenvalue weighted by Gasteiger charge is -2.10. The Kier molecular flexibility index (Phi) is 7.12. The first-order chi connectivity index (χ1) is 12.4. The number of rotatable bonds is 9. The van der Waals surface area contributed by atoms with Crippen molar-refractivity contribution in [3.63, 3.8) is 0 Å². The first-order valence-corrected chi connectivity index (χ1v) is 8.64. The van der Waals surface area contributed by atoms with E-state index in [0.717, 1.165) is 25.0 Å². The van der Waals surface area contributed by atoms with E-state index in [2.05, 4.69) is 0 Å². The van der Waals surface area contributed by atoms with E-state index in [1.807, 2.05) is 13.8 Å². The highest BCUT2D eigenvalue weighted by atomic mass is 19.1. The Morgan fingerprint density at radius 3 is 2.62 bits per heavy atom. The highest BCUT2D eigenvalue weighted by Crippen LogP contribution is 2.27. The molecule has 0 N–H and O–H groups in total. The lowest BCUT2D eigenvalue weighted by Crippen LogP contribution is -2.14. The molecule has 5 nitrogen and oxygen atoms in total. The molecule has 0 aliphatic carbocycles. The average Bonchev–Trinajstić information content (AvgIpc) is 2.60. The van der Waals surface area contributed by atoms with Crippen LogP contribution >= 0.6 is 0 Å². The van der Waals surface area contributed by atoms with Gasteiger partial charge in [-0.25, -0.2) is 13.6 Å². The second-order valence-electron chi connectivity index (χ2n) is 6.08. The second kappa shape index (κ2) is 9.31. The normalized spacial score (nSPS) is 12.2. The third-order valence-corrected chi connectivity index (χ3v) is 4.03. The van der Waals surface area contributed by atoms with Gasteiger partial charge in [0.15, 0.2) is 11.4 Å². The summed E-state index contributed by atoms with van der Waals surface area (Å²) >= 11 is 0. The van der Waals surface area contributed by atoms with Crippen molar-refractivity contribution in [2.75, 3.05) is 13.2 Å². The number of hydrogen-bond acceptors (Lipinski definition) is 5. The van der Waals surface area contributed by atoms with Crippen molar-refractivity contribution in [2.24, 2.45) is 5.92 Å². The van der Waals surface area contributed by atoms with Gasteiger partial charge in [0.1, 0.15) is 11.6 Å². The minimum absolute atomic E-state index is 0.0737. The van der Waals surface area contributed by atoms with Crippen LogP contribution in [0, 0.1) is 17.6 Å². The summed E-state index contributed by atoms with van der Waals surface area (Å²) in [6, 6.07) is 2.77. The molecule has 1 atom stereocenters. The molecular weight excluding hydrogens is 346 g/mol. The monoisotopic (exact) mass is 368 g/mol. The molecule has 2 rings (SSSR count). The van der Waals surface area contributed by atoms with Crippen LogP contribution in [0.15, 0.2) is 27.4 Å². The molecule has 1 aromatic carbocycles. The maximum absolute atomic E-state index is 13.7. The summed E-state index contributed by atoms with van der Waals surface area (Å²) in [6.45, 7) is 4.35. The van der Waals surface area contributed by atoms with Crippen molar-refractivity contribution in [3.8, 4) is 5.75 Å². The van der Waals surface area contributed by atoms with Gasteiger partial charge in [0, 0.05) is 6.07 Å². The fourth-order valence-electron chi connectivity index (χ4n) is 2.33. The van der Waals surface area contributed by atoms with Crippen molar-refractivity contribution in [3.05, 3.63) is 40.3 Å². The molecule has 0 spiro atoms. The van der Waals surface area contributed by atoms with Gasteiger partial charge in [0.2, 0.25) is 0 Å². The molecule has 142 valence electrons. The number of esters is 1. The minimum atomic E-state index is -0.953. The summed E-state index contributed by atoms with van der Waals surface area (Å²) in [4.78, 5) is 23.0. The molecule has 0 fully saturated rings. The molecular formula is C19H22F2O5. The molecule has 1 unspecified atom stereocenters. The van der Waals surface area contributed by atoms with Gasteiger partial charge < -0.3 is 13.9 Å². The molecule has 26 heavy (non-hydrogen) atoms. The number of fused-ring (bicyclic) bond motifs is 1. The van der Waals surface area contributed by atoms with Crippen LogP contribution in [-0.4, -0.2) is 19.2 Å². The summed E-state index contributed by atoms with van der Waals surface area (Å²) < 4.78 is 42.5. The molecule has 0 saturated heterocycles. The van der Waals surface area contributed by atoms with Crippen LogP contribution in [0.5, 0.6) is 5.75 Å². The van der Waals surface area contributed by atoms with Crippen LogP contribution in [-0.2, 0) is 9.53 Å². The van der Waals surface area contributed by atoms with Gasteiger partial charge in [0.25, 0.3) is 0 Å². The van der Waals surface area contributed by atoms with Crippen LogP contribution in [0.25, 0.3) is 11.0 Å². The van der Waals surface area contributed by atoms with Crippen LogP contribution in [0.3, 0.4) is 0 Å². The Morgan fingerprint density at radius 2 is 1.88 bits per heavy atom. The Hall–Kier alpha value is -2.44. The van der Waals surface area contributed by atoms with Gasteiger partial charge in [-0.15, -0.1) is 0 Å². The second-order valence-corrected chi connectivity index (χ2v) is 6.08. The van der Waals surface area contributed by atoms with E-state index in [1.165, 1.54) is 0 Å². The van der Waals surface area contributed by atoms with E-state index in [1.54, 1.807) is 0 Å². The highest BCUT2D eigenvalue weighted by molar-refractivity contribution is 5.83. The topological polar surface area (TPSA) is 65.7 Å². The molecule has 1 aromatic heterocycles. The Morgan fingerprint density at radius 1 is 1.15 bits per heavy atom. The number of benzene rings is 1. The lowest BCUT2D eigenvalue weighted by molar-refractivity contribution is -0.148. The number of carbonyl (C=O) groups is 1. The van der Waals surface area contributed by atoms with E-state index >= 15 is 0 Å². The molecule has 0 radical (unpaired) electrons. The average molecular weight is 368 g/mol. The molecule has 0 amide bonds. The van der Waals surface area contributed by atoms with Gasteiger partial charge in [-0.3, -0.25) is 4.79 Å². The van der Waals surface area contributed by atoms with Crippen molar-refractivity contribution in [1.82, 2.24) is 0 Å². The molecule has 0 aliphatic rings. The van der Waals surface area contributed by atoms with Crippen LogP contribution in [0.4, 0.5) is 8.78 Å². The maximum atomic E-state index is 13.7. The van der Waals surface area contributed by atoms with Gasteiger partial charge in [-0.1, -0.05) is 13.8 Å². The number of carbonyl (C=O) groups excluding carboxylic acids is 1. The lowest BCUT2D eigenvalue weighted by atomic mass is 10.1. The molecule has 2 aromatic rings. The number of hydrogen-bond donors (Lipinski definition) is 0. The van der Waals surface area contributed by atoms with E-state index in [9.17, 15) is 18.4 Å². The largest absolute Gasteiger partial charge is 0.493 e. The number of halogens is 2. The van der Waals surface area contributed by atoms with Crippen LogP contribution in [0.1, 0.15) is 39.5 Å². The number of unbranched alkanes of at least 4 members (excludes halogenated alkanes) is 2. The van der Waals surface area contributed by atoms with Gasteiger partial charge in [-0.2, -0.15) is 0 Å². The molecule has 0 aliphatic heterocycles. The van der Waals surface area contributed by atoms with Crippen molar-refractivity contribution < 1.29 is 27.5 Å². The Labute approximate surface area is 149 Å². The molecule has 1 heterocycles. The Bertz CT molecular complexity index is 815. The molecule has 7 heteroatoms. The fourth-order valence-corrected chi connectivity index (χ4v) is 2.33. The quantitative estimate of drug-likeness (QED) is 0.377. The molecule has 0 saturated carbocycles. The standard InChI is InChI=1S/C19H22F2O5/c1-3-12(2)19(23)25-8-6-4-5-7-24-16-11-17(22)26-18-14(16)9-13(20)10-15(18)21/h9-12H,3-8H2,1-2H3. The van der Waals surface area contributed by atoms with Crippen LogP contribution in [0.2, 0.25) is 0 Å². The predicted molar refractivity (Wildman–Crippen MR) is 92.2 cm³/mol. The third kappa shape index (κ3) is 5.28. The number of ether oxygens (including phenoxy) is 2. The summed E-state index contributed by atoms with van der Waals surface area (Å²) in [5.74, 6) is -1.95. The highest BCUT2D eigenvalue weighted by Gasteiger charge is 2.13. The smallest absolute Gasteiger partial charge is 0.340 e. The third-order valence-electron chi connectivity index (χ3n) is 4.03. The zero-order valence-electron chi connectivity index (χ0n) is 14.8. The van der Waals surface area contributed by atoms with Crippen molar-refractivity contribution in [1.29, 1.82) is 0 Å². The zero-order valence-corrected chi connectivity index (χ0v) is 14.8. The fraction of sp³-hybridized carbons (Fsp3) is 0.474. The van der Waals surface area contributed by atoms with Gasteiger partial charge >= 0.3 is 11.6 Å². The first-order valence-electron chi connectivity index (χ1n) is 8.64. The summed E-state index contributed by atoms with van der Waals surface area (Å²) in [5.41, 5.74) is -1.10. The minimum Gasteiger partial charge on any atom is -0.493 e. The van der Waals surface area contributed by atoms with E-state index in [4.69, 9.17) is 13.9 Å². The first kappa shape index (κ1) is 19.9. The van der Waals surface area contributed by atoms with Gasteiger partial charge in [0.05, 0.1) is 30.6 Å². The SMILES string of the molecule is CCC(C)C(=O)OCCCCCOc1cc(=O)oc2c(F)cc(F)cc12. The van der Waals surface area contributed by atoms with E-state index in [0.29, 0.717) is 25.5 Å². The summed E-state index contributed by atoms with van der Waals surface area (Å²) in [7, 11) is 0. The Balaban J connectivity index is 1.83. The van der Waals surface area contributed by atoms with E-state index in [-0.39, 0.29) is 35.2 Å². The zero-order chi connectivity index (χ0) is 19.1. The predicted octanol–water partition coefficient (Wildman–Crippen LogP) is 4.21. The van der Waals surface area contributed by atoms with Crippen molar-refractivity contribution in [2.45, 2.75) is 39.5 Å². The maximum Gasteiger partial charge on any atom is 0.340 e. The van der Waals surface area contributed by atoms with Crippen molar-refractivity contribution >= 4 is 16.9 Å². The van der Waals surface area contributed by atoms with Crippen LogP contribution < -0.4 is 10.4 Å².